The predicted octanol–water partition coefficient (Wildman–Crippen LogP) is 4.08. The Kier molecular flexibility index (Phi) is 6.74. The molecule has 1 amide bonds. The van der Waals surface area contributed by atoms with E-state index in [-0.39, 0.29) is 29.0 Å². The van der Waals surface area contributed by atoms with E-state index in [4.69, 9.17) is 0 Å². The molecule has 0 fully saturated rings. The third-order valence-electron chi connectivity index (χ3n) is 5.33. The minimum atomic E-state index is -4.59. The topological polar surface area (TPSA) is 82.5 Å². The molecule has 0 bridgehead atoms. The van der Waals surface area contributed by atoms with Crippen LogP contribution in [0.3, 0.4) is 0 Å². The maximum absolute atomic E-state index is 13.5. The maximum Gasteiger partial charge on any atom is 0.488 e. The average molecular weight is 484 g/mol. The number of carbonyl (C=O) groups is 1. The van der Waals surface area contributed by atoms with Crippen molar-refractivity contribution < 1.29 is 28.0 Å². The molecule has 0 saturated heterocycles. The molecule has 4 aromatic rings. The van der Waals surface area contributed by atoms with Crippen molar-refractivity contribution in [2.75, 3.05) is 5.32 Å². The van der Waals surface area contributed by atoms with Crippen molar-refractivity contribution in [2.45, 2.75) is 25.9 Å². The number of benzene rings is 2. The molecule has 0 radical (unpaired) electrons. The molecular formula is C24H20BF3N2O3S. The first-order valence-electron chi connectivity index (χ1n) is 10.4. The van der Waals surface area contributed by atoms with Gasteiger partial charge in [0.2, 0.25) is 5.91 Å². The second-order valence-corrected chi connectivity index (χ2v) is 9.09. The fourth-order valence-corrected chi connectivity index (χ4v) is 4.79. The van der Waals surface area contributed by atoms with Crippen LogP contribution >= 0.6 is 11.3 Å². The van der Waals surface area contributed by atoms with Crippen molar-refractivity contribution in [1.29, 1.82) is 0 Å². The van der Waals surface area contributed by atoms with Crippen LogP contribution in [-0.2, 0) is 23.8 Å². The number of nitrogens with zero attached hydrogens (tertiary/aromatic N) is 1. The Morgan fingerprint density at radius 3 is 2.44 bits per heavy atom. The molecule has 2 heterocycles. The SMILES string of the molecule is Cc1sc2nc(C(F)(F)F)cc(Cc3ccccc3)c2c1NC(=O)Cc1cccc(B(O)O)c1. The van der Waals surface area contributed by atoms with Gasteiger partial charge in [-0.1, -0.05) is 54.6 Å². The summed E-state index contributed by atoms with van der Waals surface area (Å²) in [5, 5.41) is 22.0. The number of aryl methyl sites for hydroxylation is 1. The first-order chi connectivity index (χ1) is 16.1. The van der Waals surface area contributed by atoms with Crippen molar-refractivity contribution in [1.82, 2.24) is 4.98 Å². The van der Waals surface area contributed by atoms with Gasteiger partial charge in [-0.2, -0.15) is 13.2 Å². The molecule has 0 aliphatic rings. The van der Waals surface area contributed by atoms with Gasteiger partial charge in [0.25, 0.3) is 0 Å². The summed E-state index contributed by atoms with van der Waals surface area (Å²) >= 11 is 1.10. The Morgan fingerprint density at radius 2 is 1.76 bits per heavy atom. The fraction of sp³-hybridized carbons (Fsp3) is 0.167. The number of fused-ring (bicyclic) bond motifs is 1. The van der Waals surface area contributed by atoms with Gasteiger partial charge < -0.3 is 15.4 Å². The molecule has 0 saturated carbocycles. The Labute approximate surface area is 198 Å². The highest BCUT2D eigenvalue weighted by atomic mass is 32.1. The van der Waals surface area contributed by atoms with Crippen LogP contribution in [0.25, 0.3) is 10.2 Å². The summed E-state index contributed by atoms with van der Waals surface area (Å²) in [6.45, 7) is 1.73. The molecule has 4 rings (SSSR count). The summed E-state index contributed by atoms with van der Waals surface area (Å²) in [5.74, 6) is -0.377. The zero-order valence-corrected chi connectivity index (χ0v) is 18.9. The van der Waals surface area contributed by atoms with E-state index < -0.39 is 19.0 Å². The van der Waals surface area contributed by atoms with Crippen LogP contribution in [0.5, 0.6) is 0 Å². The lowest BCUT2D eigenvalue weighted by atomic mass is 9.79. The molecule has 0 aliphatic carbocycles. The number of halogens is 3. The van der Waals surface area contributed by atoms with Crippen LogP contribution in [0.4, 0.5) is 18.9 Å². The van der Waals surface area contributed by atoms with E-state index in [1.54, 1.807) is 19.1 Å². The lowest BCUT2D eigenvalue weighted by Crippen LogP contribution is -2.30. The Bertz CT molecular complexity index is 1340. The van der Waals surface area contributed by atoms with E-state index in [9.17, 15) is 28.0 Å². The van der Waals surface area contributed by atoms with E-state index in [1.165, 1.54) is 12.1 Å². The zero-order chi connectivity index (χ0) is 24.5. The minimum absolute atomic E-state index is 0.0422. The monoisotopic (exact) mass is 484 g/mol. The lowest BCUT2D eigenvalue weighted by Gasteiger charge is -2.12. The summed E-state index contributed by atoms with van der Waals surface area (Å²) < 4.78 is 40.6. The number of anilines is 1. The number of alkyl halides is 3. The van der Waals surface area contributed by atoms with Gasteiger partial charge in [-0.3, -0.25) is 4.79 Å². The number of nitrogens with one attached hydrogen (secondary N) is 1. The predicted molar refractivity (Wildman–Crippen MR) is 127 cm³/mol. The van der Waals surface area contributed by atoms with Crippen molar-refractivity contribution in [3.63, 3.8) is 0 Å². The van der Waals surface area contributed by atoms with Gasteiger partial charge in [0.05, 0.1) is 12.1 Å². The summed E-state index contributed by atoms with van der Waals surface area (Å²) in [6, 6.07) is 16.5. The van der Waals surface area contributed by atoms with Crippen molar-refractivity contribution in [3.8, 4) is 0 Å². The van der Waals surface area contributed by atoms with Crippen LogP contribution < -0.4 is 10.8 Å². The second kappa shape index (κ2) is 9.57. The summed E-state index contributed by atoms with van der Waals surface area (Å²) in [6.07, 6.45) is -4.39. The number of thiophene rings is 1. The molecule has 0 unspecified atom stereocenters. The highest BCUT2D eigenvalue weighted by Crippen LogP contribution is 2.40. The zero-order valence-electron chi connectivity index (χ0n) is 18.1. The number of pyridine rings is 1. The van der Waals surface area contributed by atoms with Crippen LogP contribution in [0.2, 0.25) is 0 Å². The van der Waals surface area contributed by atoms with Crippen LogP contribution in [-0.4, -0.2) is 28.1 Å². The van der Waals surface area contributed by atoms with Gasteiger partial charge >= 0.3 is 13.3 Å². The highest BCUT2D eigenvalue weighted by molar-refractivity contribution is 7.19. The van der Waals surface area contributed by atoms with Gasteiger partial charge in [-0.15, -0.1) is 11.3 Å². The number of hydrogen-bond donors (Lipinski definition) is 3. The van der Waals surface area contributed by atoms with E-state index >= 15 is 0 Å². The van der Waals surface area contributed by atoms with E-state index in [1.807, 2.05) is 30.3 Å². The van der Waals surface area contributed by atoms with Gasteiger partial charge in [-0.25, -0.2) is 4.98 Å². The number of hydrogen-bond acceptors (Lipinski definition) is 5. The largest absolute Gasteiger partial charge is 0.488 e. The van der Waals surface area contributed by atoms with Crippen molar-refractivity contribution in [2.24, 2.45) is 0 Å². The van der Waals surface area contributed by atoms with Gasteiger partial charge in [0.15, 0.2) is 0 Å². The van der Waals surface area contributed by atoms with Crippen molar-refractivity contribution in [3.05, 3.63) is 87.9 Å². The number of carbonyl (C=O) groups excluding carboxylic acids is 1. The number of amides is 1. The quantitative estimate of drug-likeness (QED) is 0.361. The Morgan fingerprint density at radius 1 is 1.06 bits per heavy atom. The smallest absolute Gasteiger partial charge is 0.423 e. The summed E-state index contributed by atoms with van der Waals surface area (Å²) in [5.41, 5.74) is 1.57. The fourth-order valence-electron chi connectivity index (χ4n) is 3.77. The molecule has 174 valence electrons. The molecule has 10 heteroatoms. The van der Waals surface area contributed by atoms with E-state index in [0.29, 0.717) is 27.1 Å². The number of aromatic nitrogens is 1. The van der Waals surface area contributed by atoms with Crippen LogP contribution in [0.15, 0.2) is 60.7 Å². The molecule has 3 N–H and O–H groups in total. The lowest BCUT2D eigenvalue weighted by molar-refractivity contribution is -0.141. The Hall–Kier alpha value is -3.21. The highest BCUT2D eigenvalue weighted by Gasteiger charge is 2.34. The standard InChI is InChI=1S/C24H20BF3N2O3S/c1-14-22(30-20(31)12-16-8-5-9-18(11-16)25(32)33)21-17(10-15-6-3-2-4-7-15)13-19(24(26,27)28)29-23(21)34-14/h2-9,11,13,32-33H,10,12H2,1H3,(H,30,31). The Balaban J connectivity index is 1.71. The van der Waals surface area contributed by atoms with Crippen molar-refractivity contribution >= 4 is 45.7 Å². The van der Waals surface area contributed by atoms with E-state index in [0.717, 1.165) is 23.0 Å². The summed E-state index contributed by atoms with van der Waals surface area (Å²) in [4.78, 5) is 17.5. The minimum Gasteiger partial charge on any atom is -0.423 e. The molecule has 2 aromatic carbocycles. The maximum atomic E-state index is 13.5. The third kappa shape index (κ3) is 5.30. The van der Waals surface area contributed by atoms with E-state index in [2.05, 4.69) is 10.3 Å². The molecule has 0 spiro atoms. The second-order valence-electron chi connectivity index (χ2n) is 7.88. The van der Waals surface area contributed by atoms with Gasteiger partial charge in [0.1, 0.15) is 10.5 Å². The van der Waals surface area contributed by atoms with Gasteiger partial charge in [0, 0.05) is 10.3 Å². The molecular weight excluding hydrogens is 464 g/mol. The first kappa shape index (κ1) is 23.9. The third-order valence-corrected chi connectivity index (χ3v) is 6.32. The molecule has 0 atom stereocenters. The van der Waals surface area contributed by atoms with Gasteiger partial charge in [-0.05, 0) is 41.6 Å². The molecule has 34 heavy (non-hydrogen) atoms. The molecule has 5 nitrogen and oxygen atoms in total. The van der Waals surface area contributed by atoms with Crippen LogP contribution in [0.1, 0.15) is 27.3 Å². The number of rotatable bonds is 6. The van der Waals surface area contributed by atoms with Crippen LogP contribution in [0, 0.1) is 6.92 Å². The molecule has 0 aliphatic heterocycles. The summed E-state index contributed by atoms with van der Waals surface area (Å²) in [7, 11) is -1.65. The molecule has 2 aromatic heterocycles. The normalized spacial score (nSPS) is 11.6. The first-order valence-corrected chi connectivity index (χ1v) is 11.2. The average Bonchev–Trinajstić information content (AvgIpc) is 3.09.